The summed E-state index contributed by atoms with van der Waals surface area (Å²) in [5.41, 5.74) is -6.50. The van der Waals surface area contributed by atoms with Crippen LogP contribution in [0.2, 0.25) is 0 Å². The second-order valence-electron chi connectivity index (χ2n) is 6.30. The van der Waals surface area contributed by atoms with E-state index in [-0.39, 0.29) is 5.95 Å². The van der Waals surface area contributed by atoms with Crippen LogP contribution < -0.4 is 4.90 Å². The molecule has 2 aromatic rings. The molecule has 0 amide bonds. The van der Waals surface area contributed by atoms with Crippen molar-refractivity contribution in [3.63, 3.8) is 0 Å². The van der Waals surface area contributed by atoms with Gasteiger partial charge in [0.1, 0.15) is 0 Å². The van der Waals surface area contributed by atoms with Gasteiger partial charge in [0.05, 0.1) is 0 Å². The molecule has 5 nitrogen and oxygen atoms in total. The first-order valence-corrected chi connectivity index (χ1v) is 9.21. The molecular formula is C17H16F6N4OS. The van der Waals surface area contributed by atoms with Crippen molar-refractivity contribution in [2.75, 3.05) is 31.1 Å². The summed E-state index contributed by atoms with van der Waals surface area (Å²) in [7, 11) is 0. The van der Waals surface area contributed by atoms with E-state index in [1.165, 1.54) is 0 Å². The lowest BCUT2D eigenvalue weighted by molar-refractivity contribution is -0.376. The van der Waals surface area contributed by atoms with Crippen molar-refractivity contribution in [1.29, 1.82) is 0 Å². The molecule has 1 aliphatic rings. The Kier molecular flexibility index (Phi) is 5.97. The van der Waals surface area contributed by atoms with Crippen molar-refractivity contribution in [3.8, 4) is 0 Å². The quantitative estimate of drug-likeness (QED) is 0.582. The Hall–Kier alpha value is -2.05. The first-order valence-electron chi connectivity index (χ1n) is 8.43. The van der Waals surface area contributed by atoms with Crippen LogP contribution in [0, 0.1) is 0 Å². The van der Waals surface area contributed by atoms with E-state index >= 15 is 0 Å². The predicted octanol–water partition coefficient (Wildman–Crippen LogP) is 3.62. The zero-order chi connectivity index (χ0) is 21.3. The van der Waals surface area contributed by atoms with Crippen molar-refractivity contribution in [2.24, 2.45) is 0 Å². The predicted molar refractivity (Wildman–Crippen MR) is 94.1 cm³/mol. The summed E-state index contributed by atoms with van der Waals surface area (Å²) in [4.78, 5) is 9.98. The summed E-state index contributed by atoms with van der Waals surface area (Å²) in [6.45, 7) is 2.09. The maximum atomic E-state index is 12.9. The fourth-order valence-electron chi connectivity index (χ4n) is 2.77. The van der Waals surface area contributed by atoms with Crippen LogP contribution in [0.4, 0.5) is 32.3 Å². The van der Waals surface area contributed by atoms with E-state index in [4.69, 9.17) is 0 Å². The maximum Gasteiger partial charge on any atom is 0.430 e. The first-order chi connectivity index (χ1) is 13.5. The fourth-order valence-corrected chi connectivity index (χ4v) is 3.69. The molecule has 0 bridgehead atoms. The van der Waals surface area contributed by atoms with E-state index in [1.54, 1.807) is 16.8 Å². The SMILES string of the molecule is OC(c1cnc(N2CCN(Sc3ccccc3)CC2)nc1)(C(F)(F)F)C(F)(F)F. The second-order valence-corrected chi connectivity index (χ2v) is 7.47. The topological polar surface area (TPSA) is 52.5 Å². The van der Waals surface area contributed by atoms with Gasteiger partial charge < -0.3 is 10.0 Å². The largest absolute Gasteiger partial charge is 0.430 e. The number of anilines is 1. The van der Waals surface area contributed by atoms with Gasteiger partial charge in [-0.25, -0.2) is 14.3 Å². The highest BCUT2D eigenvalue weighted by Gasteiger charge is 2.71. The maximum absolute atomic E-state index is 12.9. The van der Waals surface area contributed by atoms with E-state index in [9.17, 15) is 31.4 Å². The molecule has 0 atom stereocenters. The van der Waals surface area contributed by atoms with Crippen molar-refractivity contribution in [2.45, 2.75) is 22.8 Å². The van der Waals surface area contributed by atoms with E-state index < -0.39 is 23.5 Å². The number of aromatic nitrogens is 2. The standard InChI is InChI=1S/C17H16F6N4OS/c18-16(19,20)15(28,17(21,22)23)12-10-24-14(25-11-12)26-6-8-27(9-7-26)29-13-4-2-1-3-5-13/h1-5,10-11,28H,6-9H2. The number of nitrogens with zero attached hydrogens (tertiary/aromatic N) is 4. The van der Waals surface area contributed by atoms with Crippen LogP contribution in [0.15, 0.2) is 47.6 Å². The molecule has 0 radical (unpaired) electrons. The minimum atomic E-state index is -5.96. The molecule has 3 rings (SSSR count). The Bertz CT molecular complexity index is 793. The molecule has 1 aromatic carbocycles. The van der Waals surface area contributed by atoms with Crippen molar-refractivity contribution >= 4 is 17.9 Å². The van der Waals surface area contributed by atoms with Gasteiger partial charge in [-0.1, -0.05) is 18.2 Å². The van der Waals surface area contributed by atoms with Crippen molar-refractivity contribution in [1.82, 2.24) is 14.3 Å². The lowest BCUT2D eigenvalue weighted by Crippen LogP contribution is -2.54. The number of hydrogen-bond acceptors (Lipinski definition) is 6. The molecule has 0 aliphatic carbocycles. The van der Waals surface area contributed by atoms with Gasteiger partial charge in [0, 0.05) is 49.0 Å². The molecule has 0 unspecified atom stereocenters. The molecule has 0 saturated carbocycles. The molecule has 1 fully saturated rings. The Morgan fingerprint density at radius 2 is 1.34 bits per heavy atom. The van der Waals surface area contributed by atoms with Crippen LogP contribution in [-0.4, -0.2) is 57.9 Å². The Morgan fingerprint density at radius 1 is 0.828 bits per heavy atom. The molecule has 29 heavy (non-hydrogen) atoms. The number of hydrogen-bond donors (Lipinski definition) is 1. The normalized spacial score (nSPS) is 16.9. The number of alkyl halides is 6. The highest BCUT2D eigenvalue weighted by molar-refractivity contribution is 7.97. The second kappa shape index (κ2) is 8.00. The molecular weight excluding hydrogens is 422 g/mol. The average Bonchev–Trinajstić information content (AvgIpc) is 2.67. The summed E-state index contributed by atoms with van der Waals surface area (Å²) in [6, 6.07) is 9.65. The van der Waals surface area contributed by atoms with Gasteiger partial charge >= 0.3 is 12.4 Å². The lowest BCUT2D eigenvalue weighted by Gasteiger charge is -2.34. The highest BCUT2D eigenvalue weighted by atomic mass is 32.2. The summed E-state index contributed by atoms with van der Waals surface area (Å²) in [5.74, 6) is 0.00445. The third-order valence-electron chi connectivity index (χ3n) is 4.38. The molecule has 1 aromatic heterocycles. The number of benzene rings is 1. The van der Waals surface area contributed by atoms with Gasteiger partial charge in [-0.2, -0.15) is 26.3 Å². The summed E-state index contributed by atoms with van der Waals surface area (Å²) in [6.07, 6.45) is -11.2. The van der Waals surface area contributed by atoms with Crippen LogP contribution in [0.5, 0.6) is 0 Å². The van der Waals surface area contributed by atoms with Crippen molar-refractivity contribution in [3.05, 3.63) is 48.3 Å². The van der Waals surface area contributed by atoms with E-state index in [2.05, 4.69) is 14.3 Å². The van der Waals surface area contributed by atoms with E-state index in [1.807, 2.05) is 30.3 Å². The van der Waals surface area contributed by atoms with Crippen LogP contribution in [-0.2, 0) is 5.60 Å². The van der Waals surface area contributed by atoms with Crippen LogP contribution in [0.25, 0.3) is 0 Å². The zero-order valence-corrected chi connectivity index (χ0v) is 15.6. The highest BCUT2D eigenvalue weighted by Crippen LogP contribution is 2.49. The Morgan fingerprint density at radius 3 is 1.83 bits per heavy atom. The summed E-state index contributed by atoms with van der Waals surface area (Å²) >= 11 is 1.56. The molecule has 1 aliphatic heterocycles. The van der Waals surface area contributed by atoms with Gasteiger partial charge in [-0.3, -0.25) is 0 Å². The van der Waals surface area contributed by atoms with Gasteiger partial charge in [0.15, 0.2) is 0 Å². The number of halogens is 6. The van der Waals surface area contributed by atoms with Crippen LogP contribution in [0.1, 0.15) is 5.56 Å². The molecule has 12 heteroatoms. The fraction of sp³-hybridized carbons (Fsp3) is 0.412. The van der Waals surface area contributed by atoms with Gasteiger partial charge in [-0.15, -0.1) is 0 Å². The van der Waals surface area contributed by atoms with Gasteiger partial charge in [-0.05, 0) is 24.1 Å². The summed E-state index contributed by atoms with van der Waals surface area (Å²) < 4.78 is 79.6. The third kappa shape index (κ3) is 4.43. The smallest absolute Gasteiger partial charge is 0.369 e. The molecule has 1 N–H and O–H groups in total. The number of piperazine rings is 1. The van der Waals surface area contributed by atoms with Crippen molar-refractivity contribution < 1.29 is 31.4 Å². The van der Waals surface area contributed by atoms with Crippen LogP contribution in [0.3, 0.4) is 0 Å². The first kappa shape index (κ1) is 21.7. The van der Waals surface area contributed by atoms with E-state index in [0.29, 0.717) is 38.6 Å². The monoisotopic (exact) mass is 438 g/mol. The van der Waals surface area contributed by atoms with Gasteiger partial charge in [0.2, 0.25) is 5.95 Å². The zero-order valence-electron chi connectivity index (χ0n) is 14.8. The molecule has 2 heterocycles. The average molecular weight is 438 g/mol. The number of aliphatic hydroxyl groups is 1. The Balaban J connectivity index is 1.68. The molecule has 1 saturated heterocycles. The van der Waals surface area contributed by atoms with Gasteiger partial charge in [0.25, 0.3) is 5.60 Å². The molecule has 158 valence electrons. The third-order valence-corrected chi connectivity index (χ3v) is 5.48. The Labute approximate surface area is 166 Å². The minimum absolute atomic E-state index is 0.00445. The molecule has 0 spiro atoms. The lowest BCUT2D eigenvalue weighted by atomic mass is 9.95. The minimum Gasteiger partial charge on any atom is -0.369 e. The van der Waals surface area contributed by atoms with E-state index in [0.717, 1.165) is 4.90 Å². The summed E-state index contributed by atoms with van der Waals surface area (Å²) in [5, 5.41) is 9.38. The van der Waals surface area contributed by atoms with Crippen LogP contribution >= 0.6 is 11.9 Å². The number of rotatable bonds is 4.